The molecule has 0 bridgehead atoms. The van der Waals surface area contributed by atoms with E-state index < -0.39 is 56.4 Å². The summed E-state index contributed by atoms with van der Waals surface area (Å²) in [6.07, 6.45) is 10.3. The first-order valence-corrected chi connectivity index (χ1v) is 20.6. The number of hydrogen-bond donors (Lipinski definition) is 5. The van der Waals surface area contributed by atoms with Crippen LogP contribution in [0.25, 0.3) is 0 Å². The Morgan fingerprint density at radius 3 is 2.25 bits per heavy atom. The number of amides is 3. The van der Waals surface area contributed by atoms with Crippen LogP contribution < -0.4 is 16.0 Å². The van der Waals surface area contributed by atoms with Gasteiger partial charge in [0.15, 0.2) is 9.84 Å². The topological polar surface area (TPSA) is 170 Å². The number of benzene rings is 1. The van der Waals surface area contributed by atoms with Gasteiger partial charge in [-0.1, -0.05) is 89.6 Å². The highest BCUT2D eigenvalue weighted by molar-refractivity contribution is 7.92. The van der Waals surface area contributed by atoms with Crippen LogP contribution in [0.3, 0.4) is 0 Å². The first-order valence-electron chi connectivity index (χ1n) is 18.9. The SMILES string of the molecule is CCCCNC(=O)[C@H](C[C@H](O)[C@H](CC1CCCCC1)NC(=O)[C@H](Cc1cnc[nH]1)NC(=O)[C@H](Cc1ccccc1)CS(=O)(=O)C(C)(C)C)C(C)C. The number of nitrogens with zero attached hydrogens (tertiary/aromatic N) is 1. The van der Waals surface area contributed by atoms with Gasteiger partial charge < -0.3 is 26.0 Å². The molecule has 1 aliphatic rings. The van der Waals surface area contributed by atoms with Crippen molar-refractivity contribution in [2.24, 2.45) is 23.7 Å². The Hall–Kier alpha value is -3.25. The number of nitrogens with one attached hydrogen (secondary N) is 4. The summed E-state index contributed by atoms with van der Waals surface area (Å²) < 4.78 is 25.7. The highest BCUT2D eigenvalue weighted by Gasteiger charge is 2.37. The van der Waals surface area contributed by atoms with Gasteiger partial charge >= 0.3 is 0 Å². The summed E-state index contributed by atoms with van der Waals surface area (Å²) >= 11 is 0. The molecule has 0 unspecified atom stereocenters. The van der Waals surface area contributed by atoms with Crippen molar-refractivity contribution in [1.82, 2.24) is 25.9 Å². The molecule has 1 aliphatic carbocycles. The predicted molar refractivity (Wildman–Crippen MR) is 201 cm³/mol. The van der Waals surface area contributed by atoms with Gasteiger partial charge in [0.2, 0.25) is 17.7 Å². The molecule has 1 heterocycles. The fourth-order valence-corrected chi connectivity index (χ4v) is 8.06. The molecule has 1 aromatic carbocycles. The molecule has 1 saturated carbocycles. The molecule has 0 aliphatic heterocycles. The van der Waals surface area contributed by atoms with Crippen LogP contribution in [0.1, 0.15) is 111 Å². The number of sulfone groups is 1. The van der Waals surface area contributed by atoms with E-state index in [1.165, 1.54) is 6.33 Å². The number of aliphatic hydroxyl groups is 1. The summed E-state index contributed by atoms with van der Waals surface area (Å²) in [5, 5.41) is 20.7. The van der Waals surface area contributed by atoms with Crippen LogP contribution in [0.5, 0.6) is 0 Å². The quantitative estimate of drug-likeness (QED) is 0.121. The molecule has 5 N–H and O–H groups in total. The molecule has 11 nitrogen and oxygen atoms in total. The summed E-state index contributed by atoms with van der Waals surface area (Å²) in [6, 6.07) is 7.52. The van der Waals surface area contributed by atoms with Crippen molar-refractivity contribution in [3.05, 3.63) is 54.1 Å². The Morgan fingerprint density at radius 1 is 0.980 bits per heavy atom. The second-order valence-corrected chi connectivity index (χ2v) is 18.6. The van der Waals surface area contributed by atoms with E-state index in [1.54, 1.807) is 27.0 Å². The second-order valence-electron chi connectivity index (χ2n) is 15.8. The lowest BCUT2D eigenvalue weighted by molar-refractivity contribution is -0.132. The van der Waals surface area contributed by atoms with Crippen molar-refractivity contribution in [1.29, 1.82) is 0 Å². The van der Waals surface area contributed by atoms with E-state index in [1.807, 2.05) is 44.2 Å². The third-order valence-corrected chi connectivity index (χ3v) is 12.9. The van der Waals surface area contributed by atoms with E-state index in [0.717, 1.165) is 50.5 Å². The van der Waals surface area contributed by atoms with Gasteiger partial charge in [-0.05, 0) is 63.9 Å². The largest absolute Gasteiger partial charge is 0.391 e. The van der Waals surface area contributed by atoms with Crippen LogP contribution >= 0.6 is 0 Å². The Bertz CT molecular complexity index is 1450. The molecule has 0 radical (unpaired) electrons. The van der Waals surface area contributed by atoms with Crippen LogP contribution in [0.4, 0.5) is 0 Å². The summed E-state index contributed by atoms with van der Waals surface area (Å²) in [6.45, 7) is 11.4. The van der Waals surface area contributed by atoms with E-state index in [-0.39, 0.29) is 36.8 Å². The zero-order valence-electron chi connectivity index (χ0n) is 31.6. The molecule has 3 rings (SSSR count). The lowest BCUT2D eigenvalue weighted by Gasteiger charge is -2.33. The molecule has 51 heavy (non-hydrogen) atoms. The van der Waals surface area contributed by atoms with E-state index in [2.05, 4.69) is 32.8 Å². The van der Waals surface area contributed by atoms with Gasteiger partial charge in [0, 0.05) is 30.8 Å². The predicted octanol–water partition coefficient (Wildman–Crippen LogP) is 4.90. The van der Waals surface area contributed by atoms with Gasteiger partial charge in [-0.3, -0.25) is 14.4 Å². The zero-order valence-corrected chi connectivity index (χ0v) is 32.4. The normalized spacial score (nSPS) is 17.3. The maximum atomic E-state index is 14.2. The van der Waals surface area contributed by atoms with Gasteiger partial charge in [0.25, 0.3) is 0 Å². The first kappa shape index (κ1) is 42.2. The van der Waals surface area contributed by atoms with E-state index in [0.29, 0.717) is 24.6 Å². The highest BCUT2D eigenvalue weighted by Crippen LogP contribution is 2.30. The van der Waals surface area contributed by atoms with Crippen molar-refractivity contribution < 1.29 is 27.9 Å². The van der Waals surface area contributed by atoms with Crippen LogP contribution in [0.2, 0.25) is 0 Å². The second kappa shape index (κ2) is 20.1. The fraction of sp³-hybridized carbons (Fsp3) is 0.692. The molecule has 2 aromatic rings. The van der Waals surface area contributed by atoms with Crippen molar-refractivity contribution in [2.75, 3.05) is 12.3 Å². The van der Waals surface area contributed by atoms with Crippen LogP contribution in [0, 0.1) is 23.7 Å². The van der Waals surface area contributed by atoms with Crippen LogP contribution in [-0.4, -0.2) is 76.4 Å². The molecule has 1 aromatic heterocycles. The van der Waals surface area contributed by atoms with Crippen molar-refractivity contribution >= 4 is 27.6 Å². The number of hydrogen-bond acceptors (Lipinski definition) is 7. The van der Waals surface area contributed by atoms with E-state index in [4.69, 9.17) is 0 Å². The molecular weight excluding hydrogens is 667 g/mol. The number of H-pyrrole nitrogens is 1. The standard InChI is InChI=1S/C39H63N5O6S/c1-7-8-19-41-37(47)32(27(2)3)23-35(45)33(21-29-17-13-10-14-18-29)43-38(48)34(22-31-24-40-26-42-31)44-36(46)30(20-28-15-11-9-12-16-28)25-51(49,50)39(4,5)6/h9,11-12,15-16,24,26-27,29-30,32-35,45H,7-8,10,13-14,17-23,25H2,1-6H3,(H,40,42)(H,41,47)(H,43,48)(H,44,46)/t30-,32-,33+,34+,35+/m1/s1. The minimum Gasteiger partial charge on any atom is -0.391 e. The summed E-state index contributed by atoms with van der Waals surface area (Å²) in [4.78, 5) is 48.6. The zero-order chi connectivity index (χ0) is 37.6. The first-order chi connectivity index (χ1) is 24.1. The van der Waals surface area contributed by atoms with Gasteiger partial charge in [0.1, 0.15) is 6.04 Å². The molecule has 1 fully saturated rings. The maximum absolute atomic E-state index is 14.2. The Morgan fingerprint density at radius 2 is 1.67 bits per heavy atom. The summed E-state index contributed by atoms with van der Waals surface area (Å²) in [5.41, 5.74) is 1.43. The van der Waals surface area contributed by atoms with E-state index in [9.17, 15) is 27.9 Å². The molecular formula is C39H63N5O6S. The summed E-state index contributed by atoms with van der Waals surface area (Å²) in [7, 11) is -3.69. The van der Waals surface area contributed by atoms with E-state index >= 15 is 0 Å². The summed E-state index contributed by atoms with van der Waals surface area (Å²) in [5.74, 6) is -2.60. The number of aromatic amines is 1. The lowest BCUT2D eigenvalue weighted by atomic mass is 9.81. The third kappa shape index (κ3) is 13.7. The van der Waals surface area contributed by atoms with Gasteiger partial charge in [0.05, 0.1) is 34.9 Å². The number of imidazole rings is 1. The number of carbonyl (C=O) groups excluding carboxylic acids is 3. The highest BCUT2D eigenvalue weighted by atomic mass is 32.2. The fourth-order valence-electron chi connectivity index (χ4n) is 6.76. The Labute approximate surface area is 305 Å². The molecule has 0 saturated heterocycles. The minimum atomic E-state index is -3.69. The van der Waals surface area contributed by atoms with Crippen molar-refractivity contribution in [3.63, 3.8) is 0 Å². The smallest absolute Gasteiger partial charge is 0.243 e. The Kier molecular flexibility index (Phi) is 16.6. The van der Waals surface area contributed by atoms with Crippen molar-refractivity contribution in [3.8, 4) is 0 Å². The number of unbranched alkanes of at least 4 members (excludes halogenated alkanes) is 1. The minimum absolute atomic E-state index is 0.0225. The molecule has 3 amide bonds. The van der Waals surface area contributed by atoms with Gasteiger partial charge in [-0.15, -0.1) is 0 Å². The van der Waals surface area contributed by atoms with Crippen molar-refractivity contribution in [2.45, 2.75) is 135 Å². The molecule has 0 spiro atoms. The third-order valence-electron chi connectivity index (χ3n) is 10.2. The van der Waals surface area contributed by atoms with Crippen LogP contribution in [-0.2, 0) is 37.1 Å². The monoisotopic (exact) mass is 729 g/mol. The van der Waals surface area contributed by atoms with Gasteiger partial charge in [-0.2, -0.15) is 0 Å². The molecule has 286 valence electrons. The average Bonchev–Trinajstić information content (AvgIpc) is 3.59. The Balaban J connectivity index is 1.89. The number of aromatic nitrogens is 2. The number of carbonyl (C=O) groups is 3. The molecule has 12 heteroatoms. The number of aliphatic hydroxyl groups excluding tert-OH is 1. The van der Waals surface area contributed by atoms with Gasteiger partial charge in [-0.25, -0.2) is 13.4 Å². The average molecular weight is 730 g/mol. The van der Waals surface area contributed by atoms with Crippen LogP contribution in [0.15, 0.2) is 42.9 Å². The molecule has 5 atom stereocenters. The lowest BCUT2D eigenvalue weighted by Crippen LogP contribution is -2.55. The maximum Gasteiger partial charge on any atom is 0.243 e. The number of rotatable bonds is 20.